The van der Waals surface area contributed by atoms with Crippen molar-refractivity contribution in [3.63, 3.8) is 0 Å². The summed E-state index contributed by atoms with van der Waals surface area (Å²) in [5, 5.41) is 0. The van der Waals surface area contributed by atoms with Gasteiger partial charge >= 0.3 is 5.97 Å². The number of carbonyl (C=O) groups excluding carboxylic acids is 1. The van der Waals surface area contributed by atoms with E-state index < -0.39 is 0 Å². The Morgan fingerprint density at radius 3 is 2.78 bits per heavy atom. The van der Waals surface area contributed by atoms with E-state index >= 15 is 0 Å². The zero-order valence-electron chi connectivity index (χ0n) is 10.9. The number of benzene rings is 1. The third-order valence-corrected chi connectivity index (χ3v) is 3.27. The third-order valence-electron chi connectivity index (χ3n) is 3.27. The highest BCUT2D eigenvalue weighted by atomic mass is 16.5. The first-order chi connectivity index (χ1) is 8.70. The summed E-state index contributed by atoms with van der Waals surface area (Å²) in [6.45, 7) is 5.61. The van der Waals surface area contributed by atoms with E-state index in [0.717, 1.165) is 26.3 Å². The Morgan fingerprint density at radius 1 is 1.44 bits per heavy atom. The van der Waals surface area contributed by atoms with Crippen LogP contribution in [0.4, 0.5) is 0 Å². The van der Waals surface area contributed by atoms with Gasteiger partial charge in [0.05, 0.1) is 25.9 Å². The average molecular weight is 249 g/mol. The molecule has 0 aromatic heterocycles. The average Bonchev–Trinajstić information content (AvgIpc) is 2.41. The van der Waals surface area contributed by atoms with Crippen LogP contribution in [0.1, 0.15) is 22.8 Å². The van der Waals surface area contributed by atoms with Crippen molar-refractivity contribution in [3.8, 4) is 0 Å². The molecule has 2 rings (SSSR count). The number of hydrogen-bond donors (Lipinski definition) is 0. The first-order valence-corrected chi connectivity index (χ1v) is 6.20. The first-order valence-electron chi connectivity index (χ1n) is 6.20. The Bertz CT molecular complexity index is 402. The highest BCUT2D eigenvalue weighted by Crippen LogP contribution is 2.13. The number of carbonyl (C=O) groups is 1. The van der Waals surface area contributed by atoms with Gasteiger partial charge in [0.1, 0.15) is 0 Å². The molecule has 98 valence electrons. The number of ether oxygens (including phenoxy) is 2. The molecule has 1 saturated heterocycles. The topological polar surface area (TPSA) is 38.8 Å². The summed E-state index contributed by atoms with van der Waals surface area (Å²) >= 11 is 0. The third kappa shape index (κ3) is 3.09. The predicted molar refractivity (Wildman–Crippen MR) is 68.5 cm³/mol. The molecule has 1 atom stereocenters. The molecule has 1 aromatic carbocycles. The molecule has 4 heteroatoms. The molecular formula is C14H19NO3. The Morgan fingerprint density at radius 2 is 2.17 bits per heavy atom. The van der Waals surface area contributed by atoms with E-state index in [1.807, 2.05) is 24.3 Å². The summed E-state index contributed by atoms with van der Waals surface area (Å²) in [6.07, 6.45) is 0. The maximum absolute atomic E-state index is 11.3. The Balaban J connectivity index is 1.99. The number of esters is 1. The second kappa shape index (κ2) is 5.98. The van der Waals surface area contributed by atoms with Gasteiger partial charge in [-0.05, 0) is 24.6 Å². The highest BCUT2D eigenvalue weighted by molar-refractivity contribution is 5.89. The molecule has 1 fully saturated rings. The number of hydrogen-bond acceptors (Lipinski definition) is 4. The van der Waals surface area contributed by atoms with Crippen LogP contribution >= 0.6 is 0 Å². The molecule has 1 aliphatic rings. The van der Waals surface area contributed by atoms with Crippen LogP contribution < -0.4 is 0 Å². The van der Waals surface area contributed by atoms with Gasteiger partial charge in [-0.2, -0.15) is 0 Å². The van der Waals surface area contributed by atoms with Crippen molar-refractivity contribution in [1.29, 1.82) is 0 Å². The normalized spacial score (nSPS) is 20.7. The van der Waals surface area contributed by atoms with Crippen LogP contribution in [0.25, 0.3) is 0 Å². The maximum atomic E-state index is 11.3. The van der Waals surface area contributed by atoms with Gasteiger partial charge in [0.25, 0.3) is 0 Å². The summed E-state index contributed by atoms with van der Waals surface area (Å²) in [7, 11) is 1.39. The van der Waals surface area contributed by atoms with Gasteiger partial charge in [-0.1, -0.05) is 12.1 Å². The summed E-state index contributed by atoms with van der Waals surface area (Å²) in [5.74, 6) is -0.290. The Hall–Kier alpha value is -1.39. The summed E-state index contributed by atoms with van der Waals surface area (Å²) < 4.78 is 10.1. The zero-order chi connectivity index (χ0) is 13.0. The quantitative estimate of drug-likeness (QED) is 0.764. The Labute approximate surface area is 107 Å². The summed E-state index contributed by atoms with van der Waals surface area (Å²) in [6, 6.07) is 8.03. The van der Waals surface area contributed by atoms with Gasteiger partial charge in [-0.25, -0.2) is 4.79 Å². The van der Waals surface area contributed by atoms with Crippen LogP contribution in [0.2, 0.25) is 0 Å². The van der Waals surface area contributed by atoms with E-state index in [2.05, 4.69) is 16.6 Å². The number of morpholine rings is 1. The molecule has 0 aliphatic carbocycles. The van der Waals surface area contributed by atoms with Gasteiger partial charge in [0, 0.05) is 19.1 Å². The van der Waals surface area contributed by atoms with Gasteiger partial charge in [0.15, 0.2) is 0 Å². The van der Waals surface area contributed by atoms with E-state index in [4.69, 9.17) is 4.74 Å². The van der Waals surface area contributed by atoms with Crippen molar-refractivity contribution < 1.29 is 14.3 Å². The van der Waals surface area contributed by atoms with Crippen LogP contribution in [0, 0.1) is 0 Å². The Kier molecular flexibility index (Phi) is 4.33. The molecule has 4 nitrogen and oxygen atoms in total. The monoisotopic (exact) mass is 249 g/mol. The predicted octanol–water partition coefficient (Wildman–Crippen LogP) is 1.69. The zero-order valence-corrected chi connectivity index (χ0v) is 10.9. The van der Waals surface area contributed by atoms with Gasteiger partial charge in [-0.15, -0.1) is 0 Å². The van der Waals surface area contributed by atoms with Gasteiger partial charge in [0.2, 0.25) is 0 Å². The van der Waals surface area contributed by atoms with Gasteiger partial charge in [-0.3, -0.25) is 4.90 Å². The summed E-state index contributed by atoms with van der Waals surface area (Å²) in [5.41, 5.74) is 1.80. The second-order valence-corrected chi connectivity index (χ2v) is 4.58. The van der Waals surface area contributed by atoms with E-state index in [-0.39, 0.29) is 5.97 Å². The minimum Gasteiger partial charge on any atom is -0.465 e. The lowest BCUT2D eigenvalue weighted by Gasteiger charge is -2.33. The number of methoxy groups -OCH3 is 1. The molecule has 0 N–H and O–H groups in total. The van der Waals surface area contributed by atoms with Crippen molar-refractivity contribution >= 4 is 5.97 Å². The minimum atomic E-state index is -0.290. The number of rotatable bonds is 3. The van der Waals surface area contributed by atoms with Crippen molar-refractivity contribution in [1.82, 2.24) is 4.90 Å². The second-order valence-electron chi connectivity index (χ2n) is 4.58. The standard InChI is InChI=1S/C14H19NO3/c1-11-10-18-8-7-15(11)9-12-3-5-13(6-4-12)14(16)17-2/h3-6,11H,7-10H2,1-2H3. The molecule has 0 bridgehead atoms. The molecule has 0 amide bonds. The van der Waals surface area contributed by atoms with Crippen LogP contribution in [-0.4, -0.2) is 43.8 Å². The van der Waals surface area contributed by atoms with Crippen LogP contribution in [-0.2, 0) is 16.0 Å². The lowest BCUT2D eigenvalue weighted by atomic mass is 10.1. The highest BCUT2D eigenvalue weighted by Gasteiger charge is 2.18. The van der Waals surface area contributed by atoms with E-state index in [9.17, 15) is 4.79 Å². The molecule has 1 heterocycles. The maximum Gasteiger partial charge on any atom is 0.337 e. The van der Waals surface area contributed by atoms with Crippen molar-refractivity contribution in [2.75, 3.05) is 26.9 Å². The van der Waals surface area contributed by atoms with Crippen LogP contribution in [0.15, 0.2) is 24.3 Å². The largest absolute Gasteiger partial charge is 0.465 e. The molecule has 0 radical (unpaired) electrons. The molecule has 18 heavy (non-hydrogen) atoms. The first kappa shape index (κ1) is 13.1. The van der Waals surface area contributed by atoms with Crippen molar-refractivity contribution in [2.45, 2.75) is 19.5 Å². The van der Waals surface area contributed by atoms with Crippen LogP contribution in [0.5, 0.6) is 0 Å². The molecular weight excluding hydrogens is 230 g/mol. The molecule has 1 aromatic rings. The lowest BCUT2D eigenvalue weighted by molar-refractivity contribution is -0.00437. The van der Waals surface area contributed by atoms with E-state index in [1.54, 1.807) is 0 Å². The van der Waals surface area contributed by atoms with Gasteiger partial charge < -0.3 is 9.47 Å². The lowest BCUT2D eigenvalue weighted by Crippen LogP contribution is -2.42. The summed E-state index contributed by atoms with van der Waals surface area (Å²) in [4.78, 5) is 13.7. The van der Waals surface area contributed by atoms with Crippen molar-refractivity contribution in [2.24, 2.45) is 0 Å². The van der Waals surface area contributed by atoms with E-state index in [1.165, 1.54) is 12.7 Å². The fraction of sp³-hybridized carbons (Fsp3) is 0.500. The van der Waals surface area contributed by atoms with E-state index in [0.29, 0.717) is 11.6 Å². The smallest absolute Gasteiger partial charge is 0.337 e. The fourth-order valence-corrected chi connectivity index (χ4v) is 2.09. The minimum absolute atomic E-state index is 0.290. The fourth-order valence-electron chi connectivity index (χ4n) is 2.09. The number of nitrogens with zero attached hydrogens (tertiary/aromatic N) is 1. The van der Waals surface area contributed by atoms with Crippen LogP contribution in [0.3, 0.4) is 0 Å². The molecule has 0 spiro atoms. The molecule has 0 saturated carbocycles. The van der Waals surface area contributed by atoms with Crippen molar-refractivity contribution in [3.05, 3.63) is 35.4 Å². The SMILES string of the molecule is COC(=O)c1ccc(CN2CCOCC2C)cc1. The molecule has 1 aliphatic heterocycles. The molecule has 1 unspecified atom stereocenters.